The number of aromatic nitrogens is 2. The van der Waals surface area contributed by atoms with Crippen molar-refractivity contribution in [2.24, 2.45) is 16.1 Å². The molecule has 1 saturated carbocycles. The van der Waals surface area contributed by atoms with E-state index in [1.807, 2.05) is 29.4 Å². The number of aliphatic imine (C=N–C) groups is 1. The standard InChI is InChI=1S/C25H29ClN6S/c1-17(27)15-32-16-30-19-5-6-20(24(26)23(19)18(32)2)33-22-14-28-21(13-29-22)31-11-9-25(10-12-31)7-3-4-8-25/h5-6,13-14,16H,1-4,7-12,15,27H2. The molecule has 0 unspecified atom stereocenters. The highest BCUT2D eigenvalue weighted by Crippen LogP contribution is 2.47. The van der Waals surface area contributed by atoms with Crippen LogP contribution in [-0.4, -0.2) is 40.8 Å². The summed E-state index contributed by atoms with van der Waals surface area (Å²) < 4.78 is 0. The molecule has 1 aromatic heterocycles. The lowest BCUT2D eigenvalue weighted by molar-refractivity contribution is 0.226. The van der Waals surface area contributed by atoms with E-state index in [0.29, 0.717) is 22.7 Å². The van der Waals surface area contributed by atoms with Crippen LogP contribution in [0.2, 0.25) is 5.02 Å². The summed E-state index contributed by atoms with van der Waals surface area (Å²) in [4.78, 5) is 19.0. The van der Waals surface area contributed by atoms with Crippen molar-refractivity contribution in [2.75, 3.05) is 24.5 Å². The molecule has 6 nitrogen and oxygen atoms in total. The summed E-state index contributed by atoms with van der Waals surface area (Å²) in [6.07, 6.45) is 13.6. The van der Waals surface area contributed by atoms with Crippen molar-refractivity contribution in [3.8, 4) is 0 Å². The first-order valence-corrected chi connectivity index (χ1v) is 12.6. The summed E-state index contributed by atoms with van der Waals surface area (Å²) in [6.45, 7) is 10.6. The van der Waals surface area contributed by atoms with Crippen LogP contribution in [0, 0.1) is 5.41 Å². The van der Waals surface area contributed by atoms with E-state index in [9.17, 15) is 0 Å². The third-order valence-corrected chi connectivity index (χ3v) is 8.56. The summed E-state index contributed by atoms with van der Waals surface area (Å²) in [6, 6.07) is 3.92. The molecule has 1 spiro atoms. The van der Waals surface area contributed by atoms with Gasteiger partial charge in [0.1, 0.15) is 10.8 Å². The topological polar surface area (TPSA) is 70.6 Å². The number of hydrogen-bond acceptors (Lipinski definition) is 7. The fourth-order valence-corrected chi connectivity index (χ4v) is 6.33. The molecule has 1 aliphatic carbocycles. The first kappa shape index (κ1) is 22.3. The fraction of sp³-hybridized carbons (Fsp3) is 0.400. The van der Waals surface area contributed by atoms with Crippen LogP contribution >= 0.6 is 23.4 Å². The Morgan fingerprint density at radius 1 is 1.12 bits per heavy atom. The molecule has 3 aliphatic rings. The Morgan fingerprint density at radius 2 is 1.88 bits per heavy atom. The van der Waals surface area contributed by atoms with Gasteiger partial charge in [0, 0.05) is 34.9 Å². The highest BCUT2D eigenvalue weighted by molar-refractivity contribution is 7.99. The van der Waals surface area contributed by atoms with E-state index in [2.05, 4.69) is 28.0 Å². The summed E-state index contributed by atoms with van der Waals surface area (Å²) in [5.74, 6) is 0.962. The van der Waals surface area contributed by atoms with Gasteiger partial charge in [0.2, 0.25) is 0 Å². The Bertz CT molecular complexity index is 1100. The molecule has 1 aromatic carbocycles. The van der Waals surface area contributed by atoms with Gasteiger partial charge in [-0.1, -0.05) is 49.4 Å². The van der Waals surface area contributed by atoms with E-state index in [-0.39, 0.29) is 0 Å². The first-order valence-electron chi connectivity index (χ1n) is 11.4. The SMILES string of the molecule is C=C(N)CN1C=Nc2ccc(Sc3cnc(N4CCC5(CCCC5)CC4)cn3)c(Cl)c2C1=C. The lowest BCUT2D eigenvalue weighted by Gasteiger charge is -2.39. The molecule has 2 fully saturated rings. The molecule has 0 radical (unpaired) electrons. The predicted octanol–water partition coefficient (Wildman–Crippen LogP) is 5.86. The van der Waals surface area contributed by atoms with Crippen molar-refractivity contribution in [1.82, 2.24) is 14.9 Å². The van der Waals surface area contributed by atoms with Crippen LogP contribution in [-0.2, 0) is 0 Å². The van der Waals surface area contributed by atoms with E-state index in [0.717, 1.165) is 45.8 Å². The lowest BCUT2D eigenvalue weighted by atomic mass is 9.77. The summed E-state index contributed by atoms with van der Waals surface area (Å²) in [5.41, 5.74) is 9.27. The van der Waals surface area contributed by atoms with Crippen molar-refractivity contribution in [3.63, 3.8) is 0 Å². The Balaban J connectivity index is 1.28. The van der Waals surface area contributed by atoms with Crippen LogP contribution < -0.4 is 10.6 Å². The molecule has 2 aliphatic heterocycles. The molecule has 3 heterocycles. The lowest BCUT2D eigenvalue weighted by Crippen LogP contribution is -2.39. The molecular formula is C25H29ClN6S. The zero-order valence-corrected chi connectivity index (χ0v) is 20.3. The molecule has 0 atom stereocenters. The molecule has 0 bridgehead atoms. The van der Waals surface area contributed by atoms with Crippen molar-refractivity contribution in [3.05, 3.63) is 54.0 Å². The maximum atomic E-state index is 6.79. The molecule has 2 aromatic rings. The Labute approximate surface area is 204 Å². The highest BCUT2D eigenvalue weighted by atomic mass is 35.5. The van der Waals surface area contributed by atoms with Gasteiger partial charge < -0.3 is 15.5 Å². The number of piperidine rings is 1. The van der Waals surface area contributed by atoms with Gasteiger partial charge in [-0.05, 0) is 43.2 Å². The van der Waals surface area contributed by atoms with Crippen molar-refractivity contribution in [1.29, 1.82) is 0 Å². The molecule has 2 N–H and O–H groups in total. The molecule has 0 amide bonds. The number of benzene rings is 1. The van der Waals surface area contributed by atoms with E-state index >= 15 is 0 Å². The number of nitrogens with two attached hydrogens (primary N) is 1. The average Bonchev–Trinajstić information content (AvgIpc) is 3.26. The monoisotopic (exact) mass is 480 g/mol. The smallest absolute Gasteiger partial charge is 0.147 e. The quantitative estimate of drug-likeness (QED) is 0.577. The zero-order valence-electron chi connectivity index (χ0n) is 18.8. The second-order valence-electron chi connectivity index (χ2n) is 9.26. The second kappa shape index (κ2) is 9.03. The maximum absolute atomic E-state index is 6.79. The van der Waals surface area contributed by atoms with Crippen LogP contribution in [0.4, 0.5) is 11.5 Å². The number of halogens is 1. The molecule has 33 heavy (non-hydrogen) atoms. The number of fused-ring (bicyclic) bond motifs is 1. The molecule has 1 saturated heterocycles. The maximum Gasteiger partial charge on any atom is 0.147 e. The van der Waals surface area contributed by atoms with Crippen molar-refractivity contribution < 1.29 is 0 Å². The number of anilines is 1. The van der Waals surface area contributed by atoms with Crippen LogP contribution in [0.1, 0.15) is 44.1 Å². The van der Waals surface area contributed by atoms with E-state index in [1.165, 1.54) is 50.3 Å². The summed E-state index contributed by atoms with van der Waals surface area (Å²) in [7, 11) is 0. The van der Waals surface area contributed by atoms with Gasteiger partial charge in [0.25, 0.3) is 0 Å². The third kappa shape index (κ3) is 4.49. The predicted molar refractivity (Wildman–Crippen MR) is 137 cm³/mol. The van der Waals surface area contributed by atoms with E-state index in [1.54, 1.807) is 6.34 Å². The third-order valence-electron chi connectivity index (χ3n) is 7.07. The van der Waals surface area contributed by atoms with Crippen LogP contribution in [0.25, 0.3) is 5.70 Å². The number of hydrogen-bond donors (Lipinski definition) is 1. The second-order valence-corrected chi connectivity index (χ2v) is 10.7. The van der Waals surface area contributed by atoms with Gasteiger partial charge in [-0.3, -0.25) is 0 Å². The van der Waals surface area contributed by atoms with Gasteiger partial charge in [-0.25, -0.2) is 15.0 Å². The summed E-state index contributed by atoms with van der Waals surface area (Å²) in [5, 5.41) is 1.41. The molecule has 5 rings (SSSR count). The minimum absolute atomic E-state index is 0.444. The average molecular weight is 481 g/mol. The van der Waals surface area contributed by atoms with Crippen molar-refractivity contribution in [2.45, 2.75) is 48.4 Å². The van der Waals surface area contributed by atoms with E-state index in [4.69, 9.17) is 22.3 Å². The van der Waals surface area contributed by atoms with Gasteiger partial charge in [-0.15, -0.1) is 0 Å². The minimum atomic E-state index is 0.444. The highest BCUT2D eigenvalue weighted by Gasteiger charge is 2.37. The number of rotatable bonds is 5. The van der Waals surface area contributed by atoms with Crippen molar-refractivity contribution >= 4 is 46.9 Å². The Morgan fingerprint density at radius 3 is 2.55 bits per heavy atom. The van der Waals surface area contributed by atoms with E-state index < -0.39 is 0 Å². The Kier molecular flexibility index (Phi) is 6.10. The first-order chi connectivity index (χ1) is 15.9. The molecule has 8 heteroatoms. The van der Waals surface area contributed by atoms with Gasteiger partial charge >= 0.3 is 0 Å². The Hall–Kier alpha value is -2.51. The van der Waals surface area contributed by atoms with Gasteiger partial charge in [0.05, 0.1) is 36.0 Å². The van der Waals surface area contributed by atoms with Crippen LogP contribution in [0.15, 0.2) is 58.3 Å². The van der Waals surface area contributed by atoms with Gasteiger partial charge in [0.15, 0.2) is 0 Å². The largest absolute Gasteiger partial charge is 0.401 e. The summed E-state index contributed by atoms with van der Waals surface area (Å²) >= 11 is 8.29. The minimum Gasteiger partial charge on any atom is -0.401 e. The molecule has 172 valence electrons. The molecular weight excluding hydrogens is 452 g/mol. The zero-order chi connectivity index (χ0) is 23.0. The van der Waals surface area contributed by atoms with Gasteiger partial charge in [-0.2, -0.15) is 0 Å². The normalized spacial score (nSPS) is 19.2. The fourth-order valence-electron chi connectivity index (χ4n) is 5.18. The van der Waals surface area contributed by atoms with Crippen LogP contribution in [0.3, 0.4) is 0 Å². The number of nitrogens with zero attached hydrogens (tertiary/aromatic N) is 5. The van der Waals surface area contributed by atoms with Crippen LogP contribution in [0.5, 0.6) is 0 Å².